The highest BCUT2D eigenvalue weighted by Gasteiger charge is 2.19. The van der Waals surface area contributed by atoms with Gasteiger partial charge in [-0.15, -0.1) is 0 Å². The normalized spacial score (nSPS) is 17.6. The minimum absolute atomic E-state index is 0.0612. The molecule has 0 saturated carbocycles. The van der Waals surface area contributed by atoms with Crippen LogP contribution in [0.2, 0.25) is 0 Å². The fraction of sp³-hybridized carbons (Fsp3) is 0.500. The number of carbonyl (C=O) groups is 1. The molecule has 0 spiro atoms. The van der Waals surface area contributed by atoms with Crippen LogP contribution in [0, 0.1) is 5.92 Å². The SMILES string of the molecule is O=C(COc1ccc2oc3c(c2c1)CCCC3)NCC1CNC1. The van der Waals surface area contributed by atoms with Crippen LogP contribution >= 0.6 is 0 Å². The van der Waals surface area contributed by atoms with E-state index in [0.29, 0.717) is 5.92 Å². The van der Waals surface area contributed by atoms with Crippen molar-refractivity contribution in [3.8, 4) is 5.75 Å². The second kappa shape index (κ2) is 6.24. The molecular weight excluding hydrogens is 292 g/mol. The summed E-state index contributed by atoms with van der Waals surface area (Å²) in [5.74, 6) is 2.35. The molecule has 0 radical (unpaired) electrons. The van der Waals surface area contributed by atoms with E-state index in [2.05, 4.69) is 10.6 Å². The molecule has 122 valence electrons. The zero-order valence-corrected chi connectivity index (χ0v) is 13.2. The standard InChI is InChI=1S/C18H22N2O3/c21-18(20-10-12-8-19-9-12)11-22-13-5-6-17-15(7-13)14-3-1-2-4-16(14)23-17/h5-7,12,19H,1-4,8-11H2,(H,20,21). The van der Waals surface area contributed by atoms with Crippen molar-refractivity contribution < 1.29 is 13.9 Å². The summed E-state index contributed by atoms with van der Waals surface area (Å²) < 4.78 is 11.6. The maximum atomic E-state index is 11.8. The van der Waals surface area contributed by atoms with E-state index in [1.165, 1.54) is 18.4 Å². The van der Waals surface area contributed by atoms with Crippen molar-refractivity contribution in [2.24, 2.45) is 5.92 Å². The molecule has 23 heavy (non-hydrogen) atoms. The van der Waals surface area contributed by atoms with Gasteiger partial charge >= 0.3 is 0 Å². The van der Waals surface area contributed by atoms with E-state index in [1.807, 2.05) is 18.2 Å². The molecule has 1 aliphatic carbocycles. The third-order valence-corrected chi connectivity index (χ3v) is 4.75. The van der Waals surface area contributed by atoms with Gasteiger partial charge in [0.25, 0.3) is 5.91 Å². The van der Waals surface area contributed by atoms with E-state index in [0.717, 1.165) is 55.0 Å². The minimum atomic E-state index is -0.0637. The number of ether oxygens (including phenoxy) is 1. The Morgan fingerprint density at radius 2 is 2.17 bits per heavy atom. The number of aryl methyl sites for hydroxylation is 2. The Morgan fingerprint density at radius 1 is 1.30 bits per heavy atom. The van der Waals surface area contributed by atoms with Gasteiger partial charge in [0.2, 0.25) is 0 Å². The largest absolute Gasteiger partial charge is 0.484 e. The van der Waals surface area contributed by atoms with Crippen LogP contribution in [-0.2, 0) is 17.6 Å². The highest BCUT2D eigenvalue weighted by Crippen LogP contribution is 2.33. The van der Waals surface area contributed by atoms with Crippen LogP contribution in [0.5, 0.6) is 5.75 Å². The van der Waals surface area contributed by atoms with Crippen molar-refractivity contribution >= 4 is 16.9 Å². The maximum absolute atomic E-state index is 11.8. The Balaban J connectivity index is 1.39. The number of amides is 1. The third-order valence-electron chi connectivity index (χ3n) is 4.75. The Kier molecular flexibility index (Phi) is 3.95. The van der Waals surface area contributed by atoms with Crippen molar-refractivity contribution in [1.82, 2.24) is 10.6 Å². The smallest absolute Gasteiger partial charge is 0.257 e. The molecule has 4 rings (SSSR count). The van der Waals surface area contributed by atoms with Gasteiger partial charge in [-0.25, -0.2) is 0 Å². The quantitative estimate of drug-likeness (QED) is 0.886. The lowest BCUT2D eigenvalue weighted by Gasteiger charge is -2.27. The number of rotatable bonds is 5. The van der Waals surface area contributed by atoms with Gasteiger partial charge in [0.1, 0.15) is 17.1 Å². The van der Waals surface area contributed by atoms with Crippen LogP contribution < -0.4 is 15.4 Å². The minimum Gasteiger partial charge on any atom is -0.484 e. The molecule has 1 aromatic heterocycles. The van der Waals surface area contributed by atoms with E-state index >= 15 is 0 Å². The fourth-order valence-electron chi connectivity index (χ4n) is 3.28. The number of fused-ring (bicyclic) bond motifs is 3. The van der Waals surface area contributed by atoms with Crippen LogP contribution in [0.3, 0.4) is 0 Å². The maximum Gasteiger partial charge on any atom is 0.257 e. The molecule has 5 heteroatoms. The second-order valence-electron chi connectivity index (χ2n) is 6.49. The Morgan fingerprint density at radius 3 is 3.00 bits per heavy atom. The van der Waals surface area contributed by atoms with Crippen LogP contribution in [0.4, 0.5) is 0 Å². The zero-order valence-electron chi connectivity index (χ0n) is 13.2. The molecule has 1 saturated heterocycles. The third kappa shape index (κ3) is 3.06. The first-order valence-electron chi connectivity index (χ1n) is 8.44. The van der Waals surface area contributed by atoms with Crippen LogP contribution in [0.1, 0.15) is 24.2 Å². The molecule has 0 atom stereocenters. The number of nitrogens with one attached hydrogen (secondary N) is 2. The molecular formula is C18H22N2O3. The number of carbonyl (C=O) groups excluding carboxylic acids is 1. The summed E-state index contributed by atoms with van der Waals surface area (Å²) in [6.45, 7) is 2.77. The van der Waals surface area contributed by atoms with E-state index in [9.17, 15) is 4.79 Å². The highest BCUT2D eigenvalue weighted by atomic mass is 16.5. The van der Waals surface area contributed by atoms with Crippen LogP contribution in [-0.4, -0.2) is 32.1 Å². The molecule has 2 N–H and O–H groups in total. The Hall–Kier alpha value is -2.01. The van der Waals surface area contributed by atoms with Gasteiger partial charge in [0, 0.05) is 42.9 Å². The monoisotopic (exact) mass is 314 g/mol. The van der Waals surface area contributed by atoms with Gasteiger partial charge in [-0.2, -0.15) is 0 Å². The van der Waals surface area contributed by atoms with E-state index in [1.54, 1.807) is 0 Å². The lowest BCUT2D eigenvalue weighted by atomic mass is 9.96. The number of furan rings is 1. The Labute approximate surface area is 135 Å². The highest BCUT2D eigenvalue weighted by molar-refractivity contribution is 5.84. The molecule has 0 bridgehead atoms. The van der Waals surface area contributed by atoms with Crippen molar-refractivity contribution in [3.63, 3.8) is 0 Å². The van der Waals surface area contributed by atoms with Crippen molar-refractivity contribution in [3.05, 3.63) is 29.5 Å². The zero-order chi connectivity index (χ0) is 15.6. The average molecular weight is 314 g/mol. The van der Waals surface area contributed by atoms with E-state index in [-0.39, 0.29) is 12.5 Å². The first-order valence-corrected chi connectivity index (χ1v) is 8.44. The summed E-state index contributed by atoms with van der Waals surface area (Å²) >= 11 is 0. The molecule has 1 aliphatic heterocycles. The molecule has 2 aliphatic rings. The summed E-state index contributed by atoms with van der Waals surface area (Å²) in [5, 5.41) is 7.24. The molecule has 1 amide bonds. The van der Waals surface area contributed by atoms with Crippen molar-refractivity contribution in [2.45, 2.75) is 25.7 Å². The van der Waals surface area contributed by atoms with Gasteiger partial charge in [-0.05, 0) is 37.5 Å². The van der Waals surface area contributed by atoms with Gasteiger partial charge in [0.15, 0.2) is 6.61 Å². The topological polar surface area (TPSA) is 63.5 Å². The van der Waals surface area contributed by atoms with Crippen LogP contribution in [0.25, 0.3) is 11.0 Å². The summed E-state index contributed by atoms with van der Waals surface area (Å²) in [4.78, 5) is 11.8. The van der Waals surface area contributed by atoms with Gasteiger partial charge in [-0.1, -0.05) is 0 Å². The second-order valence-corrected chi connectivity index (χ2v) is 6.49. The predicted octanol–water partition coefficient (Wildman–Crippen LogP) is 2.03. The molecule has 2 aromatic rings. The summed E-state index contributed by atoms with van der Waals surface area (Å²) in [6.07, 6.45) is 4.51. The fourth-order valence-corrected chi connectivity index (χ4v) is 3.28. The lowest BCUT2D eigenvalue weighted by molar-refractivity contribution is -0.123. The molecule has 0 unspecified atom stereocenters. The molecule has 5 nitrogen and oxygen atoms in total. The summed E-state index contributed by atoms with van der Waals surface area (Å²) in [7, 11) is 0. The number of benzene rings is 1. The predicted molar refractivity (Wildman–Crippen MR) is 87.7 cm³/mol. The Bertz CT molecular complexity index is 718. The number of hydrogen-bond acceptors (Lipinski definition) is 4. The summed E-state index contributed by atoms with van der Waals surface area (Å²) in [6, 6.07) is 5.83. The van der Waals surface area contributed by atoms with Crippen molar-refractivity contribution in [1.29, 1.82) is 0 Å². The van der Waals surface area contributed by atoms with Gasteiger partial charge in [-0.3, -0.25) is 4.79 Å². The van der Waals surface area contributed by atoms with Gasteiger partial charge < -0.3 is 19.8 Å². The molecule has 2 heterocycles. The van der Waals surface area contributed by atoms with Gasteiger partial charge in [0.05, 0.1) is 0 Å². The first kappa shape index (κ1) is 14.6. The number of hydrogen-bond donors (Lipinski definition) is 2. The van der Waals surface area contributed by atoms with Crippen molar-refractivity contribution in [2.75, 3.05) is 26.2 Å². The van der Waals surface area contributed by atoms with E-state index < -0.39 is 0 Å². The van der Waals surface area contributed by atoms with E-state index in [4.69, 9.17) is 9.15 Å². The summed E-state index contributed by atoms with van der Waals surface area (Å²) in [5.41, 5.74) is 2.24. The van der Waals surface area contributed by atoms with Crippen LogP contribution in [0.15, 0.2) is 22.6 Å². The lowest BCUT2D eigenvalue weighted by Crippen LogP contribution is -2.48. The molecule has 1 fully saturated rings. The first-order chi connectivity index (χ1) is 11.3. The molecule has 1 aromatic carbocycles. The average Bonchev–Trinajstić information content (AvgIpc) is 2.89.